The van der Waals surface area contributed by atoms with Crippen LogP contribution < -0.4 is 10.6 Å². The van der Waals surface area contributed by atoms with Crippen molar-refractivity contribution in [2.24, 2.45) is 0 Å². The summed E-state index contributed by atoms with van der Waals surface area (Å²) in [5.41, 5.74) is 0.546. The molecule has 2 N–H and O–H groups in total. The molecule has 12 heavy (non-hydrogen) atoms. The molecule has 2 heteroatoms. The smallest absolute Gasteiger partial charge is 0.0577 e. The number of rotatable bonds is 1. The lowest BCUT2D eigenvalue weighted by atomic mass is 9.83. The van der Waals surface area contributed by atoms with Crippen molar-refractivity contribution < 1.29 is 0 Å². The Morgan fingerprint density at radius 3 is 1.83 bits per heavy atom. The van der Waals surface area contributed by atoms with Gasteiger partial charge in [0.25, 0.3) is 0 Å². The van der Waals surface area contributed by atoms with E-state index in [2.05, 4.69) is 45.3 Å². The van der Waals surface area contributed by atoms with Gasteiger partial charge in [-0.3, -0.25) is 10.6 Å². The van der Waals surface area contributed by atoms with Crippen LogP contribution in [0.5, 0.6) is 0 Å². The molecule has 0 atom stereocenters. The molecule has 1 rings (SSSR count). The summed E-state index contributed by atoms with van der Waals surface area (Å²) in [6, 6.07) is 0. The van der Waals surface area contributed by atoms with E-state index in [0.29, 0.717) is 6.17 Å². The Morgan fingerprint density at radius 1 is 1.08 bits per heavy atom. The minimum Gasteiger partial charge on any atom is -0.297 e. The predicted octanol–water partition coefficient (Wildman–Crippen LogP) is 1.86. The molecule has 1 saturated heterocycles. The highest BCUT2D eigenvalue weighted by Crippen LogP contribution is 2.25. The molecular formula is C10H22N2. The molecule has 72 valence electrons. The molecule has 0 spiro atoms. The lowest BCUT2D eigenvalue weighted by Crippen LogP contribution is -2.66. The maximum Gasteiger partial charge on any atom is 0.0577 e. The van der Waals surface area contributed by atoms with Gasteiger partial charge in [0.2, 0.25) is 0 Å². The van der Waals surface area contributed by atoms with E-state index in [9.17, 15) is 0 Å². The normalized spacial score (nSPS) is 28.8. The van der Waals surface area contributed by atoms with Crippen molar-refractivity contribution in [1.29, 1.82) is 0 Å². The average molecular weight is 170 g/mol. The van der Waals surface area contributed by atoms with Crippen LogP contribution in [-0.2, 0) is 0 Å². The first-order chi connectivity index (χ1) is 5.35. The van der Waals surface area contributed by atoms with Crippen LogP contribution in [0.4, 0.5) is 0 Å². The van der Waals surface area contributed by atoms with Gasteiger partial charge < -0.3 is 0 Å². The number of hydrogen-bond donors (Lipinski definition) is 2. The Labute approximate surface area is 76.1 Å². The maximum absolute atomic E-state index is 3.59. The average Bonchev–Trinajstić information content (AvgIpc) is 1.80. The van der Waals surface area contributed by atoms with Crippen LogP contribution in [0.15, 0.2) is 0 Å². The molecule has 0 aromatic carbocycles. The summed E-state index contributed by atoms with van der Waals surface area (Å²) in [6.07, 6.45) is 2.80. The first-order valence-corrected chi connectivity index (χ1v) is 4.90. The standard InChI is InChI=1S/C10H22N2/c1-6-8-11-9(2,3)7-10(4,5)12-8/h8,11-12H,6-7H2,1-5H3. The van der Waals surface area contributed by atoms with E-state index in [1.54, 1.807) is 0 Å². The van der Waals surface area contributed by atoms with E-state index in [1.807, 2.05) is 0 Å². The molecule has 0 radical (unpaired) electrons. The molecule has 0 aliphatic carbocycles. The lowest BCUT2D eigenvalue weighted by Gasteiger charge is -2.47. The van der Waals surface area contributed by atoms with Crippen LogP contribution in [0, 0.1) is 0 Å². The Bertz CT molecular complexity index is 145. The zero-order valence-corrected chi connectivity index (χ0v) is 8.99. The third kappa shape index (κ3) is 2.46. The van der Waals surface area contributed by atoms with Crippen LogP contribution >= 0.6 is 0 Å². The van der Waals surface area contributed by atoms with Crippen molar-refractivity contribution in [2.45, 2.75) is 64.7 Å². The zero-order chi connectivity index (χ0) is 9.41. The maximum atomic E-state index is 3.59. The number of hydrogen-bond acceptors (Lipinski definition) is 2. The highest BCUT2D eigenvalue weighted by molar-refractivity contribution is 4.97. The third-order valence-electron chi connectivity index (χ3n) is 2.42. The molecule has 0 bridgehead atoms. The lowest BCUT2D eigenvalue weighted by molar-refractivity contribution is 0.130. The zero-order valence-electron chi connectivity index (χ0n) is 8.99. The van der Waals surface area contributed by atoms with Gasteiger partial charge in [-0.1, -0.05) is 6.92 Å². The molecule has 1 aliphatic rings. The van der Waals surface area contributed by atoms with Crippen molar-refractivity contribution in [3.8, 4) is 0 Å². The van der Waals surface area contributed by atoms with Gasteiger partial charge in [0.15, 0.2) is 0 Å². The molecule has 1 aliphatic heterocycles. The fraction of sp³-hybridized carbons (Fsp3) is 1.00. The second-order valence-electron chi connectivity index (χ2n) is 5.19. The highest BCUT2D eigenvalue weighted by Gasteiger charge is 2.36. The molecule has 0 amide bonds. The summed E-state index contributed by atoms with van der Waals surface area (Å²) in [6.45, 7) is 11.3. The van der Waals surface area contributed by atoms with Crippen LogP contribution in [0.2, 0.25) is 0 Å². The minimum absolute atomic E-state index is 0.273. The van der Waals surface area contributed by atoms with Gasteiger partial charge >= 0.3 is 0 Å². The second kappa shape index (κ2) is 3.00. The van der Waals surface area contributed by atoms with E-state index < -0.39 is 0 Å². The molecule has 0 aromatic heterocycles. The first kappa shape index (κ1) is 10.0. The summed E-state index contributed by atoms with van der Waals surface area (Å²) in [4.78, 5) is 0. The van der Waals surface area contributed by atoms with Crippen LogP contribution in [0.3, 0.4) is 0 Å². The Morgan fingerprint density at radius 2 is 1.50 bits per heavy atom. The van der Waals surface area contributed by atoms with E-state index in [0.717, 1.165) is 6.42 Å². The Hall–Kier alpha value is -0.0800. The predicted molar refractivity (Wildman–Crippen MR) is 53.1 cm³/mol. The van der Waals surface area contributed by atoms with Crippen molar-refractivity contribution in [3.05, 3.63) is 0 Å². The molecule has 0 saturated carbocycles. The fourth-order valence-electron chi connectivity index (χ4n) is 2.39. The van der Waals surface area contributed by atoms with Crippen molar-refractivity contribution >= 4 is 0 Å². The SMILES string of the molecule is CCC1NC(C)(C)CC(C)(C)N1. The van der Waals surface area contributed by atoms with Gasteiger partial charge in [-0.15, -0.1) is 0 Å². The quantitative estimate of drug-likeness (QED) is 0.627. The van der Waals surface area contributed by atoms with Crippen molar-refractivity contribution in [3.63, 3.8) is 0 Å². The summed E-state index contributed by atoms with van der Waals surface area (Å²) in [7, 11) is 0. The monoisotopic (exact) mass is 170 g/mol. The molecule has 1 fully saturated rings. The topological polar surface area (TPSA) is 24.1 Å². The van der Waals surface area contributed by atoms with Gasteiger partial charge in [0.1, 0.15) is 0 Å². The first-order valence-electron chi connectivity index (χ1n) is 4.90. The summed E-state index contributed by atoms with van der Waals surface area (Å²) < 4.78 is 0. The molecule has 0 unspecified atom stereocenters. The number of nitrogens with one attached hydrogen (secondary N) is 2. The summed E-state index contributed by atoms with van der Waals surface area (Å²) in [5.74, 6) is 0. The van der Waals surface area contributed by atoms with Crippen molar-refractivity contribution in [2.75, 3.05) is 0 Å². The molecular weight excluding hydrogens is 148 g/mol. The van der Waals surface area contributed by atoms with E-state index in [1.165, 1.54) is 6.42 Å². The summed E-state index contributed by atoms with van der Waals surface area (Å²) >= 11 is 0. The van der Waals surface area contributed by atoms with Crippen molar-refractivity contribution in [1.82, 2.24) is 10.6 Å². The van der Waals surface area contributed by atoms with Gasteiger partial charge in [-0.05, 0) is 40.5 Å². The van der Waals surface area contributed by atoms with Gasteiger partial charge in [-0.25, -0.2) is 0 Å². The van der Waals surface area contributed by atoms with Gasteiger partial charge in [-0.2, -0.15) is 0 Å². The Balaban J connectivity index is 2.66. The van der Waals surface area contributed by atoms with Crippen LogP contribution in [0.25, 0.3) is 0 Å². The largest absolute Gasteiger partial charge is 0.297 e. The molecule has 0 aromatic rings. The highest BCUT2D eigenvalue weighted by atomic mass is 15.2. The van der Waals surface area contributed by atoms with E-state index in [-0.39, 0.29) is 11.1 Å². The van der Waals surface area contributed by atoms with Crippen LogP contribution in [-0.4, -0.2) is 17.2 Å². The van der Waals surface area contributed by atoms with Gasteiger partial charge in [0, 0.05) is 11.1 Å². The second-order valence-corrected chi connectivity index (χ2v) is 5.19. The third-order valence-corrected chi connectivity index (χ3v) is 2.42. The minimum atomic E-state index is 0.273. The van der Waals surface area contributed by atoms with E-state index in [4.69, 9.17) is 0 Å². The van der Waals surface area contributed by atoms with Gasteiger partial charge in [0.05, 0.1) is 6.17 Å². The van der Waals surface area contributed by atoms with E-state index >= 15 is 0 Å². The Kier molecular flexibility index (Phi) is 2.50. The summed E-state index contributed by atoms with van der Waals surface area (Å²) in [5, 5.41) is 7.17. The molecule has 2 nitrogen and oxygen atoms in total. The molecule has 1 heterocycles. The fourth-order valence-corrected chi connectivity index (χ4v) is 2.39. The van der Waals surface area contributed by atoms with Crippen LogP contribution in [0.1, 0.15) is 47.5 Å².